The van der Waals surface area contributed by atoms with Crippen LogP contribution in [-0.4, -0.2) is 5.91 Å². The summed E-state index contributed by atoms with van der Waals surface area (Å²) in [5, 5.41) is 3.02. The molecule has 1 saturated heterocycles. The van der Waals surface area contributed by atoms with Gasteiger partial charge in [0.2, 0.25) is 5.91 Å². The van der Waals surface area contributed by atoms with Gasteiger partial charge in [-0.3, -0.25) is 4.79 Å². The first-order chi connectivity index (χ1) is 9.65. The summed E-state index contributed by atoms with van der Waals surface area (Å²) in [6.07, 6.45) is 10.1. The smallest absolute Gasteiger partial charge is 0.226 e. The van der Waals surface area contributed by atoms with Crippen molar-refractivity contribution in [3.8, 4) is 11.8 Å². The summed E-state index contributed by atoms with van der Waals surface area (Å²) < 4.78 is 0. The number of hydrogen-bond donors (Lipinski definition) is 1. The molecule has 2 aliphatic rings. The Morgan fingerprint density at radius 1 is 1.40 bits per heavy atom. The SMILES string of the molecule is C/C=C1\C(=C/CC)NC(=O)CC1(C#CC1CC1)CCC. The fourth-order valence-corrected chi connectivity index (χ4v) is 2.98. The van der Waals surface area contributed by atoms with Crippen LogP contribution < -0.4 is 5.32 Å². The van der Waals surface area contributed by atoms with Gasteiger partial charge in [-0.2, -0.15) is 0 Å². The van der Waals surface area contributed by atoms with Crippen molar-refractivity contribution in [1.29, 1.82) is 0 Å². The van der Waals surface area contributed by atoms with Gasteiger partial charge in [0.15, 0.2) is 0 Å². The van der Waals surface area contributed by atoms with E-state index in [0.717, 1.165) is 25.0 Å². The van der Waals surface area contributed by atoms with E-state index in [4.69, 9.17) is 0 Å². The summed E-state index contributed by atoms with van der Waals surface area (Å²) in [6, 6.07) is 0. The van der Waals surface area contributed by atoms with Crippen molar-refractivity contribution in [2.24, 2.45) is 11.3 Å². The van der Waals surface area contributed by atoms with Crippen LogP contribution in [0.4, 0.5) is 0 Å². The third kappa shape index (κ3) is 3.15. The maximum Gasteiger partial charge on any atom is 0.226 e. The first kappa shape index (κ1) is 14.9. The van der Waals surface area contributed by atoms with Crippen molar-refractivity contribution in [2.45, 2.75) is 59.3 Å². The molecule has 1 amide bonds. The second-order valence-electron chi connectivity index (χ2n) is 5.83. The molecule has 1 aliphatic heterocycles. The van der Waals surface area contributed by atoms with Gasteiger partial charge in [0.25, 0.3) is 0 Å². The molecule has 1 saturated carbocycles. The molecule has 1 aliphatic carbocycles. The molecule has 20 heavy (non-hydrogen) atoms. The van der Waals surface area contributed by atoms with Gasteiger partial charge in [0.05, 0.1) is 5.41 Å². The topological polar surface area (TPSA) is 29.1 Å². The van der Waals surface area contributed by atoms with E-state index in [1.807, 2.05) is 0 Å². The van der Waals surface area contributed by atoms with Gasteiger partial charge in [-0.25, -0.2) is 0 Å². The van der Waals surface area contributed by atoms with Crippen molar-refractivity contribution in [3.05, 3.63) is 23.4 Å². The van der Waals surface area contributed by atoms with Gasteiger partial charge in [-0.05, 0) is 38.2 Å². The highest BCUT2D eigenvalue weighted by atomic mass is 16.1. The molecule has 2 heteroatoms. The number of hydrogen-bond acceptors (Lipinski definition) is 1. The summed E-state index contributed by atoms with van der Waals surface area (Å²) >= 11 is 0. The summed E-state index contributed by atoms with van der Waals surface area (Å²) in [5.41, 5.74) is 1.92. The molecule has 2 nitrogen and oxygen atoms in total. The van der Waals surface area contributed by atoms with Crippen molar-refractivity contribution in [3.63, 3.8) is 0 Å². The van der Waals surface area contributed by atoms with Gasteiger partial charge in [0.1, 0.15) is 0 Å². The standard InChI is InChI=1S/C18H25NO/c1-4-7-16-15(6-3)18(11-5-2,13-17(20)19-16)12-10-14-8-9-14/h6-7,14H,4-5,8-9,11,13H2,1-3H3,(H,19,20)/b15-6+,16-7+. The third-order valence-corrected chi connectivity index (χ3v) is 4.01. The zero-order valence-electron chi connectivity index (χ0n) is 12.9. The number of carbonyl (C=O) groups is 1. The zero-order valence-corrected chi connectivity index (χ0v) is 12.9. The van der Waals surface area contributed by atoms with E-state index in [-0.39, 0.29) is 11.3 Å². The van der Waals surface area contributed by atoms with Crippen LogP contribution >= 0.6 is 0 Å². The average molecular weight is 271 g/mol. The van der Waals surface area contributed by atoms with Crippen LogP contribution in [0.25, 0.3) is 0 Å². The van der Waals surface area contributed by atoms with Gasteiger partial charge in [0, 0.05) is 18.0 Å². The maximum absolute atomic E-state index is 12.1. The Bertz CT molecular complexity index is 499. The van der Waals surface area contributed by atoms with E-state index >= 15 is 0 Å². The minimum absolute atomic E-state index is 0.105. The van der Waals surface area contributed by atoms with Gasteiger partial charge < -0.3 is 5.32 Å². The van der Waals surface area contributed by atoms with E-state index in [1.165, 1.54) is 18.4 Å². The normalized spacial score (nSPS) is 30.1. The molecule has 1 unspecified atom stereocenters. The second-order valence-corrected chi connectivity index (χ2v) is 5.83. The molecular weight excluding hydrogens is 246 g/mol. The summed E-state index contributed by atoms with van der Waals surface area (Å²) in [7, 11) is 0. The quantitative estimate of drug-likeness (QED) is 0.774. The largest absolute Gasteiger partial charge is 0.326 e. The molecule has 2 rings (SSSR count). The molecule has 0 spiro atoms. The second kappa shape index (κ2) is 6.31. The molecule has 1 heterocycles. The van der Waals surface area contributed by atoms with Gasteiger partial charge >= 0.3 is 0 Å². The van der Waals surface area contributed by atoms with E-state index in [0.29, 0.717) is 12.3 Å². The van der Waals surface area contributed by atoms with E-state index in [9.17, 15) is 4.79 Å². The highest BCUT2D eigenvalue weighted by molar-refractivity contribution is 5.83. The van der Waals surface area contributed by atoms with E-state index < -0.39 is 0 Å². The lowest BCUT2D eigenvalue weighted by atomic mass is 9.70. The first-order valence-electron chi connectivity index (χ1n) is 7.85. The highest BCUT2D eigenvalue weighted by Gasteiger charge is 2.40. The molecule has 0 bridgehead atoms. The van der Waals surface area contributed by atoms with Crippen molar-refractivity contribution >= 4 is 5.91 Å². The Morgan fingerprint density at radius 3 is 2.70 bits per heavy atom. The van der Waals surface area contributed by atoms with Gasteiger partial charge in [-0.1, -0.05) is 44.3 Å². The lowest BCUT2D eigenvalue weighted by Crippen LogP contribution is -2.41. The summed E-state index contributed by atoms with van der Waals surface area (Å²) in [5.74, 6) is 7.58. The molecular formula is C18H25NO. The number of allylic oxidation sites excluding steroid dienone is 3. The van der Waals surface area contributed by atoms with Crippen LogP contribution in [-0.2, 0) is 4.79 Å². The van der Waals surface area contributed by atoms with E-state index in [2.05, 4.69) is 50.1 Å². The van der Waals surface area contributed by atoms with E-state index in [1.54, 1.807) is 0 Å². The number of nitrogens with one attached hydrogen (secondary N) is 1. The van der Waals surface area contributed by atoms with Crippen molar-refractivity contribution in [1.82, 2.24) is 5.32 Å². The molecule has 2 fully saturated rings. The first-order valence-corrected chi connectivity index (χ1v) is 7.85. The Morgan fingerprint density at radius 2 is 2.15 bits per heavy atom. The monoisotopic (exact) mass is 271 g/mol. The summed E-state index contributed by atoms with van der Waals surface area (Å²) in [6.45, 7) is 6.32. The van der Waals surface area contributed by atoms with Crippen LogP contribution in [0, 0.1) is 23.2 Å². The summed E-state index contributed by atoms with van der Waals surface area (Å²) in [4.78, 5) is 12.1. The van der Waals surface area contributed by atoms with Gasteiger partial charge in [-0.15, -0.1) is 0 Å². The Balaban J connectivity index is 2.42. The molecule has 0 aromatic rings. The number of amides is 1. The lowest BCUT2D eigenvalue weighted by molar-refractivity contribution is -0.122. The highest BCUT2D eigenvalue weighted by Crippen LogP contribution is 2.43. The molecule has 1 N–H and O–H groups in total. The number of rotatable bonds is 3. The minimum atomic E-state index is -0.268. The lowest BCUT2D eigenvalue weighted by Gasteiger charge is -2.37. The predicted octanol–water partition coefficient (Wildman–Crippen LogP) is 3.95. The van der Waals surface area contributed by atoms with Crippen molar-refractivity contribution < 1.29 is 4.79 Å². The minimum Gasteiger partial charge on any atom is -0.326 e. The fourth-order valence-electron chi connectivity index (χ4n) is 2.98. The molecule has 1 atom stereocenters. The van der Waals surface area contributed by atoms with Crippen LogP contribution in [0.5, 0.6) is 0 Å². The van der Waals surface area contributed by atoms with Crippen LogP contribution in [0.1, 0.15) is 59.3 Å². The third-order valence-electron chi connectivity index (χ3n) is 4.01. The maximum atomic E-state index is 12.1. The predicted molar refractivity (Wildman–Crippen MR) is 82.7 cm³/mol. The van der Waals surface area contributed by atoms with Crippen LogP contribution in [0.2, 0.25) is 0 Å². The van der Waals surface area contributed by atoms with Crippen molar-refractivity contribution in [2.75, 3.05) is 0 Å². The van der Waals surface area contributed by atoms with Crippen LogP contribution in [0.15, 0.2) is 23.4 Å². The Labute approximate surface area is 122 Å². The molecule has 0 aromatic carbocycles. The number of piperidine rings is 1. The molecule has 108 valence electrons. The fraction of sp³-hybridized carbons (Fsp3) is 0.611. The zero-order chi connectivity index (χ0) is 14.6. The Kier molecular flexibility index (Phi) is 4.70. The molecule has 0 aromatic heterocycles. The van der Waals surface area contributed by atoms with Crippen LogP contribution in [0.3, 0.4) is 0 Å². The average Bonchev–Trinajstić information content (AvgIpc) is 3.21. The molecule has 0 radical (unpaired) electrons. The Hall–Kier alpha value is -1.49. The number of carbonyl (C=O) groups excluding carboxylic acids is 1.